The van der Waals surface area contributed by atoms with Gasteiger partial charge in [0.2, 0.25) is 0 Å². The zero-order valence-corrected chi connectivity index (χ0v) is 9.90. The predicted octanol–water partition coefficient (Wildman–Crippen LogP) is 2.78. The summed E-state index contributed by atoms with van der Waals surface area (Å²) in [5, 5.41) is 13.9. The third-order valence-corrected chi connectivity index (χ3v) is 3.61. The first kappa shape index (κ1) is 11.7. The monoisotopic (exact) mass is 235 g/mol. The average molecular weight is 235 g/mol. The molecule has 5 nitrogen and oxygen atoms in total. The lowest BCUT2D eigenvalue weighted by atomic mass is 10.0. The van der Waals surface area contributed by atoms with Crippen LogP contribution in [0.2, 0.25) is 0 Å². The van der Waals surface area contributed by atoms with E-state index in [0.717, 1.165) is 18.7 Å². The van der Waals surface area contributed by atoms with Crippen LogP contribution in [0.15, 0.2) is 18.2 Å². The quantitative estimate of drug-likeness (QED) is 0.467. The Bertz CT molecular complexity index is 441. The molecular formula is C12H17N3O2. The summed E-state index contributed by atoms with van der Waals surface area (Å²) >= 11 is 0. The predicted molar refractivity (Wildman–Crippen MR) is 68.0 cm³/mol. The van der Waals surface area contributed by atoms with Crippen LogP contribution >= 0.6 is 0 Å². The van der Waals surface area contributed by atoms with Crippen molar-refractivity contribution in [3.63, 3.8) is 0 Å². The number of nitro groups is 1. The molecule has 92 valence electrons. The summed E-state index contributed by atoms with van der Waals surface area (Å²) in [4.78, 5) is 10.1. The highest BCUT2D eigenvalue weighted by molar-refractivity contribution is 5.69. The zero-order valence-electron chi connectivity index (χ0n) is 9.90. The molecule has 0 amide bonds. The minimum absolute atomic E-state index is 0.0321. The Hall–Kier alpha value is -1.78. The van der Waals surface area contributed by atoms with Crippen LogP contribution in [0.4, 0.5) is 17.1 Å². The van der Waals surface area contributed by atoms with Crippen molar-refractivity contribution in [1.29, 1.82) is 0 Å². The lowest BCUT2D eigenvalue weighted by Gasteiger charge is -2.15. The second-order valence-electron chi connectivity index (χ2n) is 4.74. The molecule has 0 heterocycles. The Morgan fingerprint density at radius 3 is 2.71 bits per heavy atom. The van der Waals surface area contributed by atoms with Crippen LogP contribution < -0.4 is 11.1 Å². The van der Waals surface area contributed by atoms with Gasteiger partial charge in [-0.25, -0.2) is 0 Å². The molecule has 0 atom stereocenters. The van der Waals surface area contributed by atoms with E-state index < -0.39 is 4.92 Å². The molecule has 0 bridgehead atoms. The van der Waals surface area contributed by atoms with E-state index in [9.17, 15) is 10.1 Å². The van der Waals surface area contributed by atoms with E-state index in [0.29, 0.717) is 11.1 Å². The van der Waals surface area contributed by atoms with Crippen LogP contribution in [0, 0.1) is 15.5 Å². The van der Waals surface area contributed by atoms with Crippen molar-refractivity contribution in [2.75, 3.05) is 17.6 Å². The van der Waals surface area contributed by atoms with Crippen molar-refractivity contribution in [2.45, 2.75) is 26.2 Å². The number of nitrogens with two attached hydrogens (primary N) is 1. The maximum absolute atomic E-state index is 10.6. The number of anilines is 2. The number of nitrogens with one attached hydrogen (secondary N) is 1. The molecule has 0 saturated heterocycles. The van der Waals surface area contributed by atoms with Gasteiger partial charge in [-0.15, -0.1) is 0 Å². The summed E-state index contributed by atoms with van der Waals surface area (Å²) < 4.78 is 0. The number of hydrogen-bond donors (Lipinski definition) is 2. The summed E-state index contributed by atoms with van der Waals surface area (Å²) in [6, 6.07) is 4.55. The molecule has 1 aliphatic rings. The van der Waals surface area contributed by atoms with Crippen molar-refractivity contribution >= 4 is 17.1 Å². The van der Waals surface area contributed by atoms with Crippen molar-refractivity contribution in [3.05, 3.63) is 28.3 Å². The Morgan fingerprint density at radius 2 is 2.24 bits per heavy atom. The van der Waals surface area contributed by atoms with Gasteiger partial charge in [0.1, 0.15) is 0 Å². The lowest BCUT2D eigenvalue weighted by molar-refractivity contribution is -0.384. The summed E-state index contributed by atoms with van der Waals surface area (Å²) in [5.74, 6) is 0. The molecule has 1 aliphatic carbocycles. The molecule has 0 unspecified atom stereocenters. The highest BCUT2D eigenvalue weighted by Gasteiger charge is 2.40. The van der Waals surface area contributed by atoms with Crippen LogP contribution in [0.3, 0.4) is 0 Å². The van der Waals surface area contributed by atoms with Crippen LogP contribution in [-0.4, -0.2) is 11.5 Å². The smallest absolute Gasteiger partial charge is 0.271 e. The van der Waals surface area contributed by atoms with E-state index >= 15 is 0 Å². The van der Waals surface area contributed by atoms with Gasteiger partial charge in [-0.2, -0.15) is 0 Å². The molecule has 2 rings (SSSR count). The fourth-order valence-corrected chi connectivity index (χ4v) is 1.94. The summed E-state index contributed by atoms with van der Waals surface area (Å²) in [5.41, 5.74) is 7.46. The van der Waals surface area contributed by atoms with Crippen LogP contribution in [0.5, 0.6) is 0 Å². The van der Waals surface area contributed by atoms with Gasteiger partial charge in [0.15, 0.2) is 0 Å². The fourth-order valence-electron chi connectivity index (χ4n) is 1.94. The van der Waals surface area contributed by atoms with Gasteiger partial charge in [-0.05, 0) is 30.7 Å². The molecule has 0 aliphatic heterocycles. The number of hydrogen-bond acceptors (Lipinski definition) is 4. The largest absolute Gasteiger partial charge is 0.397 e. The van der Waals surface area contributed by atoms with Crippen LogP contribution in [0.1, 0.15) is 26.2 Å². The van der Waals surface area contributed by atoms with Gasteiger partial charge in [0.25, 0.3) is 5.69 Å². The topological polar surface area (TPSA) is 81.2 Å². The van der Waals surface area contributed by atoms with Gasteiger partial charge >= 0.3 is 0 Å². The van der Waals surface area contributed by atoms with E-state index in [1.165, 1.54) is 25.0 Å². The second-order valence-corrected chi connectivity index (χ2v) is 4.74. The molecular weight excluding hydrogens is 218 g/mol. The highest BCUT2D eigenvalue weighted by atomic mass is 16.6. The molecule has 0 radical (unpaired) electrons. The van der Waals surface area contributed by atoms with Gasteiger partial charge in [0, 0.05) is 18.7 Å². The molecule has 1 aromatic rings. The molecule has 1 fully saturated rings. The molecule has 1 aromatic carbocycles. The number of nitrogens with zero attached hydrogens (tertiary/aromatic N) is 1. The Morgan fingerprint density at radius 1 is 1.53 bits per heavy atom. The number of nitrogen functional groups attached to an aromatic ring is 1. The van der Waals surface area contributed by atoms with Crippen LogP contribution in [0.25, 0.3) is 0 Å². The Kier molecular flexibility index (Phi) is 2.92. The van der Waals surface area contributed by atoms with Gasteiger partial charge in [-0.1, -0.05) is 6.92 Å². The molecule has 0 spiro atoms. The average Bonchev–Trinajstić information content (AvgIpc) is 3.08. The van der Waals surface area contributed by atoms with E-state index in [4.69, 9.17) is 5.73 Å². The van der Waals surface area contributed by atoms with Gasteiger partial charge < -0.3 is 11.1 Å². The molecule has 1 saturated carbocycles. The van der Waals surface area contributed by atoms with E-state index in [1.54, 1.807) is 6.07 Å². The fraction of sp³-hybridized carbons (Fsp3) is 0.500. The normalized spacial score (nSPS) is 16.5. The summed E-state index contributed by atoms with van der Waals surface area (Å²) in [7, 11) is 0. The first-order chi connectivity index (χ1) is 8.06. The second kappa shape index (κ2) is 4.24. The molecule has 5 heteroatoms. The van der Waals surface area contributed by atoms with E-state index in [1.807, 2.05) is 0 Å². The Balaban J connectivity index is 2.04. The van der Waals surface area contributed by atoms with Gasteiger partial charge in [-0.3, -0.25) is 10.1 Å². The van der Waals surface area contributed by atoms with Crippen molar-refractivity contribution in [2.24, 2.45) is 5.41 Å². The standard InChI is InChI=1S/C12H17N3O2/c1-2-12(5-6-12)8-14-11-4-3-9(15(16)17)7-10(11)13/h3-4,7,14H,2,5-6,8,13H2,1H3. The van der Waals surface area contributed by atoms with E-state index in [2.05, 4.69) is 12.2 Å². The number of nitro benzene ring substituents is 1. The first-order valence-electron chi connectivity index (χ1n) is 5.84. The first-order valence-corrected chi connectivity index (χ1v) is 5.84. The minimum atomic E-state index is -0.436. The third-order valence-electron chi connectivity index (χ3n) is 3.61. The van der Waals surface area contributed by atoms with Crippen molar-refractivity contribution in [1.82, 2.24) is 0 Å². The highest BCUT2D eigenvalue weighted by Crippen LogP contribution is 2.48. The zero-order chi connectivity index (χ0) is 12.5. The van der Waals surface area contributed by atoms with Gasteiger partial charge in [0.05, 0.1) is 16.3 Å². The third kappa shape index (κ3) is 2.49. The van der Waals surface area contributed by atoms with Crippen molar-refractivity contribution < 1.29 is 4.92 Å². The van der Waals surface area contributed by atoms with Crippen LogP contribution in [-0.2, 0) is 0 Å². The number of non-ortho nitro benzene ring substituents is 1. The van der Waals surface area contributed by atoms with E-state index in [-0.39, 0.29) is 5.69 Å². The minimum Gasteiger partial charge on any atom is -0.397 e. The lowest BCUT2D eigenvalue weighted by Crippen LogP contribution is -2.15. The molecule has 3 N–H and O–H groups in total. The maximum atomic E-state index is 10.6. The molecule has 17 heavy (non-hydrogen) atoms. The Labute approximate surface area is 100 Å². The summed E-state index contributed by atoms with van der Waals surface area (Å²) in [6.45, 7) is 3.08. The number of rotatable bonds is 5. The number of benzene rings is 1. The SMILES string of the molecule is CCC1(CNc2ccc([N+](=O)[O-])cc2N)CC1. The summed E-state index contributed by atoms with van der Waals surface area (Å²) in [6.07, 6.45) is 3.67. The molecule has 0 aromatic heterocycles. The maximum Gasteiger partial charge on any atom is 0.271 e. The van der Waals surface area contributed by atoms with Crippen molar-refractivity contribution in [3.8, 4) is 0 Å².